The number of ether oxygens (including phenoxy) is 4. The summed E-state index contributed by atoms with van der Waals surface area (Å²) in [5, 5.41) is 6.78. The predicted octanol–water partition coefficient (Wildman–Crippen LogP) is 3.03. The fraction of sp³-hybridized carbons (Fsp3) is 0.458. The Hall–Kier alpha value is -2.24. The van der Waals surface area contributed by atoms with E-state index in [9.17, 15) is 0 Å². The van der Waals surface area contributed by atoms with Gasteiger partial charge in [0.15, 0.2) is 17.5 Å². The standard InChI is InChI=1S/C24H34N4O4.HI/c1-25-24(27-16-20-13-22(30-3)23(31-4)14-21(20)29-2)26-15-18-7-5-6-8-19(18)17-28-9-11-32-12-10-28;/h5-8,13-14H,9-12,15-17H2,1-4H3,(H2,25,26,27);1H. The molecule has 1 fully saturated rings. The van der Waals surface area contributed by atoms with E-state index in [2.05, 4.69) is 44.8 Å². The van der Waals surface area contributed by atoms with Gasteiger partial charge in [0, 0.05) is 51.4 Å². The summed E-state index contributed by atoms with van der Waals surface area (Å²) in [5.41, 5.74) is 3.52. The van der Waals surface area contributed by atoms with E-state index < -0.39 is 0 Å². The summed E-state index contributed by atoms with van der Waals surface area (Å²) in [7, 11) is 6.64. The van der Waals surface area contributed by atoms with Crippen LogP contribution in [0, 0.1) is 0 Å². The van der Waals surface area contributed by atoms with Gasteiger partial charge in [-0.3, -0.25) is 9.89 Å². The Labute approximate surface area is 213 Å². The minimum Gasteiger partial charge on any atom is -0.496 e. The van der Waals surface area contributed by atoms with Crippen molar-refractivity contribution in [3.05, 3.63) is 53.1 Å². The zero-order chi connectivity index (χ0) is 22.8. The first kappa shape index (κ1) is 27.0. The molecular weight excluding hydrogens is 535 g/mol. The van der Waals surface area contributed by atoms with Crippen molar-refractivity contribution in [2.24, 2.45) is 4.99 Å². The van der Waals surface area contributed by atoms with E-state index in [0.717, 1.165) is 44.2 Å². The second kappa shape index (κ2) is 14.1. The maximum absolute atomic E-state index is 5.52. The number of nitrogens with zero attached hydrogens (tertiary/aromatic N) is 2. The molecule has 2 aromatic rings. The number of guanidine groups is 1. The first-order valence-corrected chi connectivity index (χ1v) is 10.8. The number of morpholine rings is 1. The molecule has 9 heteroatoms. The van der Waals surface area contributed by atoms with E-state index in [-0.39, 0.29) is 24.0 Å². The summed E-state index contributed by atoms with van der Waals surface area (Å²) in [6.07, 6.45) is 0. The highest BCUT2D eigenvalue weighted by molar-refractivity contribution is 14.0. The van der Waals surface area contributed by atoms with Crippen LogP contribution in [0.15, 0.2) is 41.4 Å². The monoisotopic (exact) mass is 570 g/mol. The lowest BCUT2D eigenvalue weighted by atomic mass is 10.1. The Balaban J connectivity index is 0.00000385. The highest BCUT2D eigenvalue weighted by atomic mass is 127. The molecule has 3 rings (SSSR count). The molecule has 0 aromatic heterocycles. The third-order valence-corrected chi connectivity index (χ3v) is 5.52. The second-order valence-corrected chi connectivity index (χ2v) is 7.46. The molecule has 0 atom stereocenters. The Morgan fingerprint density at radius 3 is 2.06 bits per heavy atom. The highest BCUT2D eigenvalue weighted by Gasteiger charge is 2.14. The lowest BCUT2D eigenvalue weighted by Gasteiger charge is -2.27. The van der Waals surface area contributed by atoms with Crippen molar-refractivity contribution in [3.63, 3.8) is 0 Å². The second-order valence-electron chi connectivity index (χ2n) is 7.46. The molecule has 33 heavy (non-hydrogen) atoms. The Morgan fingerprint density at radius 2 is 1.45 bits per heavy atom. The van der Waals surface area contributed by atoms with Gasteiger partial charge in [0.25, 0.3) is 0 Å². The molecule has 0 bridgehead atoms. The van der Waals surface area contributed by atoms with Crippen LogP contribution in [-0.2, 0) is 24.4 Å². The third kappa shape index (κ3) is 7.65. The summed E-state index contributed by atoms with van der Waals surface area (Å²) in [6.45, 7) is 5.68. The third-order valence-electron chi connectivity index (χ3n) is 5.52. The van der Waals surface area contributed by atoms with E-state index in [0.29, 0.717) is 30.5 Å². The molecule has 0 unspecified atom stereocenters. The number of nitrogens with one attached hydrogen (secondary N) is 2. The fourth-order valence-corrected chi connectivity index (χ4v) is 3.69. The number of aliphatic imine (C=N–C) groups is 1. The minimum atomic E-state index is 0. The van der Waals surface area contributed by atoms with Crippen molar-refractivity contribution >= 4 is 29.9 Å². The van der Waals surface area contributed by atoms with Gasteiger partial charge in [-0.15, -0.1) is 24.0 Å². The molecular formula is C24H35IN4O4. The van der Waals surface area contributed by atoms with Crippen LogP contribution in [0.1, 0.15) is 16.7 Å². The molecule has 0 amide bonds. The smallest absolute Gasteiger partial charge is 0.191 e. The topological polar surface area (TPSA) is 76.6 Å². The van der Waals surface area contributed by atoms with Crippen molar-refractivity contribution in [2.75, 3.05) is 54.7 Å². The van der Waals surface area contributed by atoms with E-state index in [1.165, 1.54) is 11.1 Å². The van der Waals surface area contributed by atoms with Gasteiger partial charge >= 0.3 is 0 Å². The summed E-state index contributed by atoms with van der Waals surface area (Å²) in [4.78, 5) is 6.80. The van der Waals surface area contributed by atoms with Crippen molar-refractivity contribution < 1.29 is 18.9 Å². The molecule has 0 saturated carbocycles. The lowest BCUT2D eigenvalue weighted by molar-refractivity contribution is 0.0341. The van der Waals surface area contributed by atoms with Gasteiger partial charge in [-0.1, -0.05) is 24.3 Å². The highest BCUT2D eigenvalue weighted by Crippen LogP contribution is 2.34. The molecule has 0 spiro atoms. The molecule has 1 aliphatic rings. The van der Waals surface area contributed by atoms with Gasteiger partial charge in [0.05, 0.1) is 34.5 Å². The van der Waals surface area contributed by atoms with E-state index >= 15 is 0 Å². The van der Waals surface area contributed by atoms with Crippen LogP contribution in [0.5, 0.6) is 17.2 Å². The van der Waals surface area contributed by atoms with Crippen LogP contribution in [0.25, 0.3) is 0 Å². The van der Waals surface area contributed by atoms with E-state index in [4.69, 9.17) is 18.9 Å². The Kier molecular flexibility index (Phi) is 11.6. The SMILES string of the molecule is CN=C(NCc1ccccc1CN1CCOCC1)NCc1cc(OC)c(OC)cc1OC.I. The number of hydrogen-bond donors (Lipinski definition) is 2. The van der Waals surface area contributed by atoms with Crippen molar-refractivity contribution in [2.45, 2.75) is 19.6 Å². The van der Waals surface area contributed by atoms with Crippen LogP contribution in [0.3, 0.4) is 0 Å². The van der Waals surface area contributed by atoms with Crippen molar-refractivity contribution in [1.29, 1.82) is 0 Å². The number of halogens is 1. The van der Waals surface area contributed by atoms with Crippen LogP contribution in [-0.4, -0.2) is 65.5 Å². The first-order chi connectivity index (χ1) is 15.7. The van der Waals surface area contributed by atoms with Gasteiger partial charge < -0.3 is 29.6 Å². The van der Waals surface area contributed by atoms with Gasteiger partial charge in [0.2, 0.25) is 0 Å². The fourth-order valence-electron chi connectivity index (χ4n) is 3.69. The zero-order valence-electron chi connectivity index (χ0n) is 19.8. The summed E-state index contributed by atoms with van der Waals surface area (Å²) in [5.74, 6) is 2.72. The van der Waals surface area contributed by atoms with Crippen LogP contribution in [0.4, 0.5) is 0 Å². The maximum atomic E-state index is 5.52. The Morgan fingerprint density at radius 1 is 0.879 bits per heavy atom. The summed E-state index contributed by atoms with van der Waals surface area (Å²) < 4.78 is 21.8. The quantitative estimate of drug-likeness (QED) is 0.273. The maximum Gasteiger partial charge on any atom is 0.191 e. The molecule has 2 aromatic carbocycles. The molecule has 1 saturated heterocycles. The number of methoxy groups -OCH3 is 3. The number of rotatable bonds is 9. The molecule has 8 nitrogen and oxygen atoms in total. The van der Waals surface area contributed by atoms with Crippen LogP contribution < -0.4 is 24.8 Å². The van der Waals surface area contributed by atoms with Crippen LogP contribution in [0.2, 0.25) is 0 Å². The van der Waals surface area contributed by atoms with E-state index in [1.54, 1.807) is 28.4 Å². The van der Waals surface area contributed by atoms with Crippen molar-refractivity contribution in [3.8, 4) is 17.2 Å². The average molecular weight is 570 g/mol. The molecule has 182 valence electrons. The minimum absolute atomic E-state index is 0. The van der Waals surface area contributed by atoms with Gasteiger partial charge in [-0.25, -0.2) is 0 Å². The lowest BCUT2D eigenvalue weighted by Crippen LogP contribution is -2.37. The normalized spacial score (nSPS) is 14.2. The number of hydrogen-bond acceptors (Lipinski definition) is 6. The van der Waals surface area contributed by atoms with Gasteiger partial charge in [-0.2, -0.15) is 0 Å². The largest absolute Gasteiger partial charge is 0.496 e. The Bertz CT molecular complexity index is 904. The van der Waals surface area contributed by atoms with Crippen LogP contribution >= 0.6 is 24.0 Å². The molecule has 1 aliphatic heterocycles. The predicted molar refractivity (Wildman–Crippen MR) is 141 cm³/mol. The summed E-state index contributed by atoms with van der Waals surface area (Å²) >= 11 is 0. The van der Waals surface area contributed by atoms with E-state index in [1.807, 2.05) is 12.1 Å². The zero-order valence-corrected chi connectivity index (χ0v) is 22.2. The molecule has 1 heterocycles. The van der Waals surface area contributed by atoms with Gasteiger partial charge in [-0.05, 0) is 17.2 Å². The molecule has 0 aliphatic carbocycles. The summed E-state index contributed by atoms with van der Waals surface area (Å²) in [6, 6.07) is 12.3. The van der Waals surface area contributed by atoms with Gasteiger partial charge in [0.1, 0.15) is 5.75 Å². The van der Waals surface area contributed by atoms with Crippen molar-refractivity contribution in [1.82, 2.24) is 15.5 Å². The molecule has 2 N–H and O–H groups in total. The average Bonchev–Trinajstić information content (AvgIpc) is 2.85. The first-order valence-electron chi connectivity index (χ1n) is 10.8. The molecule has 0 radical (unpaired) electrons. The number of benzene rings is 2.